The highest BCUT2D eigenvalue weighted by molar-refractivity contribution is 7.13. The summed E-state index contributed by atoms with van der Waals surface area (Å²) < 4.78 is 13.1. The van der Waals surface area contributed by atoms with Gasteiger partial charge in [0.15, 0.2) is 5.13 Å². The molecule has 0 bridgehead atoms. The topological polar surface area (TPSA) is 74.7 Å². The van der Waals surface area contributed by atoms with Crippen molar-refractivity contribution in [2.45, 2.75) is 6.92 Å². The molecule has 0 aliphatic rings. The molecule has 0 fully saturated rings. The first kappa shape index (κ1) is 14.3. The van der Waals surface area contributed by atoms with Crippen LogP contribution in [0.1, 0.15) is 12.6 Å². The fraction of sp³-hybridized carbons (Fsp3) is 0.0769. The van der Waals surface area contributed by atoms with E-state index in [0.717, 1.165) is 0 Å². The van der Waals surface area contributed by atoms with Crippen LogP contribution in [0.25, 0.3) is 5.57 Å². The van der Waals surface area contributed by atoms with Crippen molar-refractivity contribution in [3.63, 3.8) is 0 Å². The largest absolute Gasteiger partial charge is 0.401 e. The van der Waals surface area contributed by atoms with E-state index in [9.17, 15) is 4.39 Å². The van der Waals surface area contributed by atoms with Gasteiger partial charge in [-0.2, -0.15) is 5.26 Å². The van der Waals surface area contributed by atoms with Gasteiger partial charge < -0.3 is 11.1 Å². The number of allylic oxidation sites excluding steroid dienone is 2. The van der Waals surface area contributed by atoms with Crippen LogP contribution in [0.15, 0.2) is 29.3 Å². The van der Waals surface area contributed by atoms with Crippen LogP contribution in [0.2, 0.25) is 5.02 Å². The zero-order valence-electron chi connectivity index (χ0n) is 10.4. The molecule has 1 aromatic heterocycles. The number of nitrogens with zero attached hydrogens (tertiary/aromatic N) is 2. The molecule has 0 aliphatic carbocycles. The van der Waals surface area contributed by atoms with E-state index < -0.39 is 5.82 Å². The monoisotopic (exact) mass is 308 g/mol. The van der Waals surface area contributed by atoms with Crippen molar-refractivity contribution in [2.75, 3.05) is 5.32 Å². The first-order valence-electron chi connectivity index (χ1n) is 5.55. The van der Waals surface area contributed by atoms with Crippen LogP contribution in [-0.4, -0.2) is 4.98 Å². The second-order valence-electron chi connectivity index (χ2n) is 3.96. The molecule has 3 N–H and O–H groups in total. The average molecular weight is 309 g/mol. The Labute approximate surface area is 124 Å². The molecule has 0 saturated carbocycles. The summed E-state index contributed by atoms with van der Waals surface area (Å²) in [6, 6.07) is 6.30. The molecule has 7 heteroatoms. The fourth-order valence-corrected chi connectivity index (χ4v) is 2.39. The van der Waals surface area contributed by atoms with Gasteiger partial charge in [0.1, 0.15) is 11.9 Å². The molecule has 0 unspecified atom stereocenters. The highest BCUT2D eigenvalue weighted by Crippen LogP contribution is 2.27. The Morgan fingerprint density at radius 3 is 2.90 bits per heavy atom. The van der Waals surface area contributed by atoms with Crippen molar-refractivity contribution in [1.29, 1.82) is 5.26 Å². The van der Waals surface area contributed by atoms with Gasteiger partial charge in [0.05, 0.1) is 16.3 Å². The Morgan fingerprint density at radius 1 is 1.55 bits per heavy atom. The zero-order valence-corrected chi connectivity index (χ0v) is 12.0. The molecular weight excluding hydrogens is 299 g/mol. The maximum atomic E-state index is 13.1. The highest BCUT2D eigenvalue weighted by atomic mass is 35.5. The number of thiazole rings is 1. The SMILES string of the molecule is CC(N)=C(C#N)c1csc(Nc2ccc(F)c(Cl)c2)n1. The molecule has 2 aromatic rings. The van der Waals surface area contributed by atoms with Gasteiger partial charge >= 0.3 is 0 Å². The second-order valence-corrected chi connectivity index (χ2v) is 5.23. The Kier molecular flexibility index (Phi) is 4.23. The number of aromatic nitrogens is 1. The summed E-state index contributed by atoms with van der Waals surface area (Å²) in [4.78, 5) is 4.26. The maximum Gasteiger partial charge on any atom is 0.187 e. The van der Waals surface area contributed by atoms with Gasteiger partial charge in [0, 0.05) is 16.8 Å². The molecular formula is C13H10ClFN4S. The normalized spacial score (nSPS) is 11.7. The average Bonchev–Trinajstić information content (AvgIpc) is 2.82. The van der Waals surface area contributed by atoms with E-state index in [-0.39, 0.29) is 5.02 Å². The number of hydrogen-bond acceptors (Lipinski definition) is 5. The summed E-state index contributed by atoms with van der Waals surface area (Å²) in [5.41, 5.74) is 7.49. The molecule has 0 atom stereocenters. The number of nitriles is 1. The van der Waals surface area contributed by atoms with Gasteiger partial charge in [0.25, 0.3) is 0 Å². The third-order valence-electron chi connectivity index (χ3n) is 2.44. The lowest BCUT2D eigenvalue weighted by molar-refractivity contribution is 0.628. The van der Waals surface area contributed by atoms with Crippen molar-refractivity contribution in [3.05, 3.63) is 45.8 Å². The minimum absolute atomic E-state index is 0.0298. The third-order valence-corrected chi connectivity index (χ3v) is 3.48. The molecule has 0 aliphatic heterocycles. The summed E-state index contributed by atoms with van der Waals surface area (Å²) in [5.74, 6) is -0.481. The van der Waals surface area contributed by atoms with Gasteiger partial charge in [-0.25, -0.2) is 9.37 Å². The van der Waals surface area contributed by atoms with Gasteiger partial charge in [0.2, 0.25) is 0 Å². The summed E-state index contributed by atoms with van der Waals surface area (Å²) >= 11 is 7.02. The minimum Gasteiger partial charge on any atom is -0.401 e. The molecule has 1 heterocycles. The van der Waals surface area contributed by atoms with E-state index in [4.69, 9.17) is 22.6 Å². The van der Waals surface area contributed by atoms with Gasteiger partial charge in [-0.15, -0.1) is 11.3 Å². The van der Waals surface area contributed by atoms with E-state index in [1.165, 1.54) is 23.5 Å². The molecule has 0 radical (unpaired) electrons. The Hall–Kier alpha value is -2.10. The third kappa shape index (κ3) is 3.07. The van der Waals surface area contributed by atoms with Crippen LogP contribution in [0.5, 0.6) is 0 Å². The van der Waals surface area contributed by atoms with Crippen molar-refractivity contribution >= 4 is 39.3 Å². The lowest BCUT2D eigenvalue weighted by Crippen LogP contribution is -1.97. The molecule has 1 aromatic carbocycles. The standard InChI is InChI=1S/C13H10ClFN4S/c1-7(17)9(5-16)12-6-20-13(19-12)18-8-2-3-11(15)10(14)4-8/h2-4,6H,17H2,1H3,(H,18,19). The Morgan fingerprint density at radius 2 is 2.30 bits per heavy atom. The smallest absolute Gasteiger partial charge is 0.187 e. The van der Waals surface area contributed by atoms with Crippen molar-refractivity contribution in [3.8, 4) is 6.07 Å². The first-order valence-corrected chi connectivity index (χ1v) is 6.81. The van der Waals surface area contributed by atoms with E-state index >= 15 is 0 Å². The number of rotatable bonds is 3. The van der Waals surface area contributed by atoms with Crippen LogP contribution in [0.4, 0.5) is 15.2 Å². The van der Waals surface area contributed by atoms with Crippen LogP contribution in [0, 0.1) is 17.1 Å². The minimum atomic E-state index is -0.481. The van der Waals surface area contributed by atoms with Crippen LogP contribution >= 0.6 is 22.9 Å². The fourth-order valence-electron chi connectivity index (χ4n) is 1.49. The lowest BCUT2D eigenvalue weighted by atomic mass is 10.2. The molecule has 0 saturated heterocycles. The first-order chi connectivity index (χ1) is 9.51. The predicted molar refractivity (Wildman–Crippen MR) is 79.2 cm³/mol. The number of anilines is 2. The number of hydrogen-bond donors (Lipinski definition) is 2. The van der Waals surface area contributed by atoms with Crippen molar-refractivity contribution < 1.29 is 4.39 Å². The molecule has 0 spiro atoms. The van der Waals surface area contributed by atoms with E-state index in [0.29, 0.717) is 27.8 Å². The van der Waals surface area contributed by atoms with E-state index in [1.54, 1.807) is 18.4 Å². The molecule has 0 amide bonds. The van der Waals surface area contributed by atoms with Crippen LogP contribution < -0.4 is 11.1 Å². The number of nitrogens with one attached hydrogen (secondary N) is 1. The molecule has 4 nitrogen and oxygen atoms in total. The maximum absolute atomic E-state index is 13.1. The Balaban J connectivity index is 2.24. The van der Waals surface area contributed by atoms with Crippen molar-refractivity contribution in [1.82, 2.24) is 4.98 Å². The predicted octanol–water partition coefficient (Wildman–Crippen LogP) is 3.89. The molecule has 20 heavy (non-hydrogen) atoms. The lowest BCUT2D eigenvalue weighted by Gasteiger charge is -2.03. The van der Waals surface area contributed by atoms with Gasteiger partial charge in [-0.3, -0.25) is 0 Å². The second kappa shape index (κ2) is 5.90. The number of halogens is 2. The highest BCUT2D eigenvalue weighted by Gasteiger charge is 2.09. The summed E-state index contributed by atoms with van der Waals surface area (Å²) in [6.07, 6.45) is 0. The van der Waals surface area contributed by atoms with Crippen LogP contribution in [0.3, 0.4) is 0 Å². The Bertz CT molecular complexity index is 713. The zero-order chi connectivity index (χ0) is 14.7. The van der Waals surface area contributed by atoms with Crippen molar-refractivity contribution in [2.24, 2.45) is 5.73 Å². The summed E-state index contributed by atoms with van der Waals surface area (Å²) in [5, 5.41) is 14.3. The van der Waals surface area contributed by atoms with E-state index in [1.807, 2.05) is 6.07 Å². The van der Waals surface area contributed by atoms with Crippen LogP contribution in [-0.2, 0) is 0 Å². The number of nitrogens with two attached hydrogens (primary N) is 1. The van der Waals surface area contributed by atoms with Gasteiger partial charge in [-0.1, -0.05) is 11.6 Å². The summed E-state index contributed by atoms with van der Waals surface area (Å²) in [6.45, 7) is 1.64. The quantitative estimate of drug-likeness (QED) is 0.843. The van der Waals surface area contributed by atoms with E-state index in [2.05, 4.69) is 10.3 Å². The molecule has 102 valence electrons. The number of benzene rings is 1. The van der Waals surface area contributed by atoms with Gasteiger partial charge in [-0.05, 0) is 25.1 Å². The molecule has 2 rings (SSSR count). The summed E-state index contributed by atoms with van der Waals surface area (Å²) in [7, 11) is 0.